The molecule has 1 aliphatic heterocycles. The summed E-state index contributed by atoms with van der Waals surface area (Å²) in [5.41, 5.74) is 5.34. The van der Waals surface area contributed by atoms with Crippen LogP contribution >= 0.6 is 0 Å². The van der Waals surface area contributed by atoms with Crippen LogP contribution in [0.15, 0.2) is 67.3 Å². The molecule has 7 nitrogen and oxygen atoms in total. The molecule has 0 bridgehead atoms. The molecule has 0 saturated carbocycles. The molecule has 2 aromatic carbocycles. The summed E-state index contributed by atoms with van der Waals surface area (Å²) in [6, 6.07) is 18.7. The first-order valence-corrected chi connectivity index (χ1v) is 12.4. The average Bonchev–Trinajstić information content (AvgIpc) is 3.44. The second-order valence-electron chi connectivity index (χ2n) is 9.35. The molecule has 0 radical (unpaired) electrons. The molecule has 178 valence electrons. The fraction of sp³-hybridized carbons (Fsp3) is 0.357. The lowest BCUT2D eigenvalue weighted by Crippen LogP contribution is -2.32. The number of imidazole rings is 1. The summed E-state index contributed by atoms with van der Waals surface area (Å²) in [5.74, 6) is 0.802. The highest BCUT2D eigenvalue weighted by atomic mass is 16.2. The molecule has 1 fully saturated rings. The number of hydrogen-bond donors (Lipinski definition) is 0. The molecule has 5 rings (SSSR count). The molecule has 4 aromatic rings. The van der Waals surface area contributed by atoms with E-state index in [2.05, 4.69) is 56.0 Å². The van der Waals surface area contributed by atoms with Gasteiger partial charge < -0.3 is 9.47 Å². The summed E-state index contributed by atoms with van der Waals surface area (Å²) in [6.45, 7) is 2.86. The van der Waals surface area contributed by atoms with Gasteiger partial charge in [-0.25, -0.2) is 4.98 Å². The maximum absolute atomic E-state index is 12.8. The number of likely N-dealkylation sites (tertiary alicyclic amines) is 1. The molecule has 0 spiro atoms. The molecule has 0 N–H and O–H groups in total. The Bertz CT molecular complexity index is 1330. The van der Waals surface area contributed by atoms with E-state index in [9.17, 15) is 4.79 Å². The number of nitrogens with zero attached hydrogens (tertiary/aromatic N) is 6. The van der Waals surface area contributed by atoms with Crippen molar-refractivity contribution in [2.75, 3.05) is 13.1 Å². The van der Waals surface area contributed by atoms with Gasteiger partial charge in [0.25, 0.3) is 0 Å². The van der Waals surface area contributed by atoms with Crippen LogP contribution in [0.2, 0.25) is 0 Å². The first-order valence-electron chi connectivity index (χ1n) is 12.4. The van der Waals surface area contributed by atoms with Crippen molar-refractivity contribution in [1.82, 2.24) is 24.2 Å². The van der Waals surface area contributed by atoms with Crippen LogP contribution < -0.4 is 0 Å². The van der Waals surface area contributed by atoms with Crippen LogP contribution in [0.25, 0.3) is 22.2 Å². The highest BCUT2D eigenvalue weighted by Gasteiger charge is 2.21. The molecular weight excluding hydrogens is 436 g/mol. The Hall–Kier alpha value is -3.92. The van der Waals surface area contributed by atoms with Crippen LogP contribution in [-0.4, -0.2) is 43.2 Å². The van der Waals surface area contributed by atoms with E-state index in [1.807, 2.05) is 30.7 Å². The van der Waals surface area contributed by atoms with Crippen molar-refractivity contribution in [2.45, 2.75) is 45.2 Å². The van der Waals surface area contributed by atoms with Gasteiger partial charge in [0.2, 0.25) is 5.91 Å². The van der Waals surface area contributed by atoms with Gasteiger partial charge in [-0.3, -0.25) is 9.48 Å². The van der Waals surface area contributed by atoms with Crippen molar-refractivity contribution >= 4 is 16.9 Å². The number of carbonyl (C=O) groups is 1. The second kappa shape index (κ2) is 10.6. The van der Waals surface area contributed by atoms with Crippen LogP contribution in [0, 0.1) is 17.2 Å². The molecule has 1 aliphatic rings. The smallest absolute Gasteiger partial charge is 0.222 e. The normalized spacial score (nSPS) is 16.2. The van der Waals surface area contributed by atoms with Crippen LogP contribution in [0.5, 0.6) is 0 Å². The van der Waals surface area contributed by atoms with E-state index in [1.54, 1.807) is 10.9 Å². The number of amides is 1. The number of hydrogen-bond acceptors (Lipinski definition) is 4. The van der Waals surface area contributed by atoms with Crippen molar-refractivity contribution in [3.05, 3.63) is 72.8 Å². The van der Waals surface area contributed by atoms with Crippen molar-refractivity contribution in [3.8, 4) is 17.2 Å². The lowest BCUT2D eigenvalue weighted by Gasteiger charge is -2.21. The number of nitriles is 1. The largest absolute Gasteiger partial charge is 0.343 e. The highest BCUT2D eigenvalue weighted by molar-refractivity contribution is 5.82. The second-order valence-corrected chi connectivity index (χ2v) is 9.35. The highest BCUT2D eigenvalue weighted by Crippen LogP contribution is 2.26. The molecule has 1 amide bonds. The summed E-state index contributed by atoms with van der Waals surface area (Å²) in [5, 5.41) is 13.1. The Morgan fingerprint density at radius 2 is 1.97 bits per heavy atom. The molecule has 1 atom stereocenters. The number of fused-ring (bicyclic) bond motifs is 1. The van der Waals surface area contributed by atoms with E-state index >= 15 is 0 Å². The minimum Gasteiger partial charge on any atom is -0.343 e. The minimum absolute atomic E-state index is 0.244. The quantitative estimate of drug-likeness (QED) is 0.396. The van der Waals surface area contributed by atoms with E-state index < -0.39 is 0 Å². The Balaban J connectivity index is 1.19. The van der Waals surface area contributed by atoms with E-state index in [1.165, 1.54) is 5.56 Å². The van der Waals surface area contributed by atoms with Gasteiger partial charge in [0.15, 0.2) is 0 Å². The van der Waals surface area contributed by atoms with Gasteiger partial charge in [0.05, 0.1) is 29.6 Å². The minimum atomic E-state index is 0.244. The number of rotatable bonds is 7. The van der Waals surface area contributed by atoms with Crippen LogP contribution in [-0.2, 0) is 24.3 Å². The van der Waals surface area contributed by atoms with Crippen LogP contribution in [0.4, 0.5) is 0 Å². The van der Waals surface area contributed by atoms with E-state index in [-0.39, 0.29) is 12.5 Å². The zero-order chi connectivity index (χ0) is 24.0. The number of benzene rings is 2. The Morgan fingerprint density at radius 3 is 2.83 bits per heavy atom. The topological polar surface area (TPSA) is 79.7 Å². The van der Waals surface area contributed by atoms with E-state index in [0.29, 0.717) is 12.3 Å². The van der Waals surface area contributed by atoms with E-state index in [4.69, 9.17) is 5.26 Å². The molecule has 35 heavy (non-hydrogen) atoms. The average molecular weight is 467 g/mol. The fourth-order valence-corrected chi connectivity index (χ4v) is 4.99. The third-order valence-corrected chi connectivity index (χ3v) is 6.95. The summed E-state index contributed by atoms with van der Waals surface area (Å²) in [4.78, 5) is 19.5. The van der Waals surface area contributed by atoms with E-state index in [0.717, 1.165) is 67.5 Å². The first-order chi connectivity index (χ1) is 17.2. The SMILES string of the molecule is N#CCn1cc(-c2ccc3c(c2)ncn3CC2CCCN(C(=O)CCc3ccccc3)CC2)cn1. The third-order valence-electron chi connectivity index (χ3n) is 6.95. The summed E-state index contributed by atoms with van der Waals surface area (Å²) in [7, 11) is 0. The zero-order valence-electron chi connectivity index (χ0n) is 19.9. The molecule has 1 unspecified atom stereocenters. The van der Waals surface area contributed by atoms with Gasteiger partial charge >= 0.3 is 0 Å². The van der Waals surface area contributed by atoms with Gasteiger partial charge in [0.1, 0.15) is 6.54 Å². The Kier molecular flexibility index (Phi) is 6.89. The molecule has 0 aliphatic carbocycles. The Labute approximate surface area is 205 Å². The van der Waals surface area contributed by atoms with Crippen LogP contribution in [0.1, 0.15) is 31.2 Å². The van der Waals surface area contributed by atoms with Gasteiger partial charge in [-0.2, -0.15) is 10.4 Å². The summed E-state index contributed by atoms with van der Waals surface area (Å²) >= 11 is 0. The molecule has 7 heteroatoms. The molecule has 2 aromatic heterocycles. The van der Waals surface area contributed by atoms with Gasteiger partial charge in [-0.05, 0) is 54.9 Å². The lowest BCUT2D eigenvalue weighted by atomic mass is 10.0. The number of carbonyl (C=O) groups excluding carboxylic acids is 1. The van der Waals surface area contributed by atoms with Crippen molar-refractivity contribution in [1.29, 1.82) is 5.26 Å². The van der Waals surface area contributed by atoms with Gasteiger partial charge in [0, 0.05) is 37.8 Å². The standard InChI is InChI=1S/C28H30N6O/c29-13-16-34-20-25(18-31-34)24-9-10-27-26(17-24)30-21-33(27)19-23-7-4-14-32(15-12-23)28(35)11-8-22-5-2-1-3-6-22/h1-3,5-6,9-10,17-18,20-21,23H,4,7-8,11-12,14-16,19H2. The maximum atomic E-state index is 12.8. The van der Waals surface area contributed by atoms with Gasteiger partial charge in [-0.15, -0.1) is 0 Å². The fourth-order valence-electron chi connectivity index (χ4n) is 4.99. The van der Waals surface area contributed by atoms with Crippen molar-refractivity contribution in [2.24, 2.45) is 5.92 Å². The Morgan fingerprint density at radius 1 is 1.09 bits per heavy atom. The zero-order valence-corrected chi connectivity index (χ0v) is 19.9. The first kappa shape index (κ1) is 22.9. The maximum Gasteiger partial charge on any atom is 0.222 e. The molecular formula is C28H30N6O. The predicted molar refractivity (Wildman–Crippen MR) is 135 cm³/mol. The van der Waals surface area contributed by atoms with Crippen molar-refractivity contribution in [3.63, 3.8) is 0 Å². The molecule has 1 saturated heterocycles. The number of aryl methyl sites for hydroxylation is 1. The predicted octanol–water partition coefficient (Wildman–Crippen LogP) is 4.68. The van der Waals surface area contributed by atoms with Gasteiger partial charge in [-0.1, -0.05) is 36.4 Å². The van der Waals surface area contributed by atoms with Crippen LogP contribution in [0.3, 0.4) is 0 Å². The lowest BCUT2D eigenvalue weighted by molar-refractivity contribution is -0.131. The van der Waals surface area contributed by atoms with Crippen molar-refractivity contribution < 1.29 is 4.79 Å². The molecule has 3 heterocycles. The third kappa shape index (κ3) is 5.43. The summed E-state index contributed by atoms with van der Waals surface area (Å²) < 4.78 is 3.88. The summed E-state index contributed by atoms with van der Waals surface area (Å²) in [6.07, 6.45) is 10.2. The number of aromatic nitrogens is 4. The monoisotopic (exact) mass is 466 g/mol.